The van der Waals surface area contributed by atoms with Gasteiger partial charge in [0, 0.05) is 13.5 Å². The molecular weight excluding hydrogens is 230 g/mol. The van der Waals surface area contributed by atoms with E-state index < -0.39 is 0 Å². The van der Waals surface area contributed by atoms with Crippen LogP contribution in [-0.4, -0.2) is 32.8 Å². The molecule has 2 rings (SSSR count). The summed E-state index contributed by atoms with van der Waals surface area (Å²) in [6.07, 6.45) is 1.10. The van der Waals surface area contributed by atoms with E-state index in [1.54, 1.807) is 0 Å². The average Bonchev–Trinajstić information content (AvgIpc) is 2.37. The number of benzene rings is 1. The minimum atomic E-state index is -0.144. The monoisotopic (exact) mass is 249 g/mol. The number of fused-ring (bicyclic) bond motifs is 1. The molecule has 4 nitrogen and oxygen atoms in total. The molecule has 0 saturated heterocycles. The predicted molar refractivity (Wildman–Crippen MR) is 70.2 cm³/mol. The Hall–Kier alpha value is -1.71. The van der Waals surface area contributed by atoms with Gasteiger partial charge in [-0.3, -0.25) is 4.79 Å². The predicted octanol–water partition coefficient (Wildman–Crippen LogP) is 2.01. The molecule has 0 bridgehead atoms. The van der Waals surface area contributed by atoms with Crippen LogP contribution in [0.5, 0.6) is 5.75 Å². The van der Waals surface area contributed by atoms with Crippen LogP contribution in [0.3, 0.4) is 0 Å². The molecule has 1 aliphatic rings. The molecule has 1 aromatic rings. The molecule has 0 N–H and O–H groups in total. The van der Waals surface area contributed by atoms with Crippen molar-refractivity contribution in [2.24, 2.45) is 0 Å². The maximum atomic E-state index is 11.4. The van der Waals surface area contributed by atoms with E-state index >= 15 is 0 Å². The van der Waals surface area contributed by atoms with Crippen LogP contribution >= 0.6 is 0 Å². The van der Waals surface area contributed by atoms with Gasteiger partial charge in [0.1, 0.15) is 12.4 Å². The second-order valence-corrected chi connectivity index (χ2v) is 4.34. The standard InChI is InChI=1S/C14H19NO3/c1-3-17-13(16)8-7-11-5-4-6-12-14(11)15(2)9-10-18-12/h4-6H,3,7-10H2,1-2H3. The first-order chi connectivity index (χ1) is 8.72. The van der Waals surface area contributed by atoms with Gasteiger partial charge in [-0.05, 0) is 25.0 Å². The number of nitrogens with zero attached hydrogens (tertiary/aromatic N) is 1. The summed E-state index contributed by atoms with van der Waals surface area (Å²) in [5.74, 6) is 0.764. The van der Waals surface area contributed by atoms with Gasteiger partial charge in [-0.15, -0.1) is 0 Å². The summed E-state index contributed by atoms with van der Waals surface area (Å²) in [5.41, 5.74) is 2.25. The fourth-order valence-corrected chi connectivity index (χ4v) is 2.19. The van der Waals surface area contributed by atoms with E-state index in [1.165, 1.54) is 0 Å². The SMILES string of the molecule is CCOC(=O)CCc1cccc2c1N(C)CCO2. The molecule has 1 heterocycles. The molecule has 0 aromatic heterocycles. The van der Waals surface area contributed by atoms with E-state index in [0.717, 1.165) is 23.5 Å². The molecule has 98 valence electrons. The van der Waals surface area contributed by atoms with Crippen LogP contribution in [0, 0.1) is 0 Å². The molecular formula is C14H19NO3. The third kappa shape index (κ3) is 2.75. The summed E-state index contributed by atoms with van der Waals surface area (Å²) in [4.78, 5) is 13.6. The van der Waals surface area contributed by atoms with Crippen molar-refractivity contribution in [2.75, 3.05) is 31.7 Å². The van der Waals surface area contributed by atoms with Crippen LogP contribution < -0.4 is 9.64 Å². The van der Waals surface area contributed by atoms with Gasteiger partial charge >= 0.3 is 5.97 Å². The summed E-state index contributed by atoms with van der Waals surface area (Å²) in [6, 6.07) is 5.99. The zero-order valence-electron chi connectivity index (χ0n) is 10.9. The second-order valence-electron chi connectivity index (χ2n) is 4.34. The quantitative estimate of drug-likeness (QED) is 0.765. The Bertz CT molecular complexity index is 431. The van der Waals surface area contributed by atoms with Gasteiger partial charge in [0.15, 0.2) is 0 Å². The maximum Gasteiger partial charge on any atom is 0.306 e. The molecule has 0 spiro atoms. The maximum absolute atomic E-state index is 11.4. The van der Waals surface area contributed by atoms with Gasteiger partial charge in [0.05, 0.1) is 18.8 Å². The number of esters is 1. The highest BCUT2D eigenvalue weighted by molar-refractivity contribution is 5.71. The number of carbonyl (C=O) groups is 1. The number of para-hydroxylation sites is 1. The van der Waals surface area contributed by atoms with E-state index in [4.69, 9.17) is 9.47 Å². The van der Waals surface area contributed by atoms with Crippen molar-refractivity contribution < 1.29 is 14.3 Å². The Morgan fingerprint density at radius 2 is 2.33 bits per heavy atom. The number of likely N-dealkylation sites (N-methyl/N-ethyl adjacent to an activating group) is 1. The number of ether oxygens (including phenoxy) is 2. The lowest BCUT2D eigenvalue weighted by Crippen LogP contribution is -2.29. The number of rotatable bonds is 4. The van der Waals surface area contributed by atoms with Crippen molar-refractivity contribution in [3.05, 3.63) is 23.8 Å². The van der Waals surface area contributed by atoms with E-state index in [0.29, 0.717) is 26.1 Å². The minimum absolute atomic E-state index is 0.144. The Morgan fingerprint density at radius 3 is 3.11 bits per heavy atom. The van der Waals surface area contributed by atoms with Gasteiger partial charge in [0.2, 0.25) is 0 Å². The lowest BCUT2D eigenvalue weighted by molar-refractivity contribution is -0.143. The summed E-state index contributed by atoms with van der Waals surface area (Å²) in [6.45, 7) is 3.85. The molecule has 18 heavy (non-hydrogen) atoms. The highest BCUT2D eigenvalue weighted by atomic mass is 16.5. The van der Waals surface area contributed by atoms with E-state index in [1.807, 2.05) is 25.1 Å². The van der Waals surface area contributed by atoms with Gasteiger partial charge in [0.25, 0.3) is 0 Å². The molecule has 0 saturated carbocycles. The van der Waals surface area contributed by atoms with E-state index in [9.17, 15) is 4.79 Å². The third-order valence-electron chi connectivity index (χ3n) is 3.05. The average molecular weight is 249 g/mol. The molecule has 0 aliphatic carbocycles. The molecule has 0 radical (unpaired) electrons. The number of carbonyl (C=O) groups excluding carboxylic acids is 1. The van der Waals surface area contributed by atoms with Crippen LogP contribution in [0.2, 0.25) is 0 Å². The van der Waals surface area contributed by atoms with Crippen molar-refractivity contribution >= 4 is 11.7 Å². The summed E-state index contributed by atoms with van der Waals surface area (Å²) < 4.78 is 10.6. The molecule has 0 atom stereocenters. The van der Waals surface area contributed by atoms with Crippen LogP contribution in [0.1, 0.15) is 18.9 Å². The van der Waals surface area contributed by atoms with Gasteiger partial charge in [-0.2, -0.15) is 0 Å². The smallest absolute Gasteiger partial charge is 0.306 e. The van der Waals surface area contributed by atoms with Crippen LogP contribution in [0.15, 0.2) is 18.2 Å². The second kappa shape index (κ2) is 5.76. The van der Waals surface area contributed by atoms with Crippen molar-refractivity contribution in [1.82, 2.24) is 0 Å². The van der Waals surface area contributed by atoms with Crippen LogP contribution in [-0.2, 0) is 16.0 Å². The van der Waals surface area contributed by atoms with E-state index in [-0.39, 0.29) is 5.97 Å². The largest absolute Gasteiger partial charge is 0.490 e. The van der Waals surface area contributed by atoms with Crippen LogP contribution in [0.4, 0.5) is 5.69 Å². The molecule has 4 heteroatoms. The topological polar surface area (TPSA) is 38.8 Å². The van der Waals surface area contributed by atoms with Crippen molar-refractivity contribution in [2.45, 2.75) is 19.8 Å². The summed E-state index contributed by atoms with van der Waals surface area (Å²) >= 11 is 0. The fourth-order valence-electron chi connectivity index (χ4n) is 2.19. The Balaban J connectivity index is 2.11. The Morgan fingerprint density at radius 1 is 1.50 bits per heavy atom. The van der Waals surface area contributed by atoms with Crippen LogP contribution in [0.25, 0.3) is 0 Å². The first-order valence-electron chi connectivity index (χ1n) is 6.34. The van der Waals surface area contributed by atoms with Gasteiger partial charge in [-0.25, -0.2) is 0 Å². The number of aryl methyl sites for hydroxylation is 1. The van der Waals surface area contributed by atoms with Crippen molar-refractivity contribution in [1.29, 1.82) is 0 Å². The molecule has 0 unspecified atom stereocenters. The molecule has 1 aliphatic heterocycles. The summed E-state index contributed by atoms with van der Waals surface area (Å²) in [5, 5.41) is 0. The fraction of sp³-hybridized carbons (Fsp3) is 0.500. The zero-order valence-corrected chi connectivity index (χ0v) is 10.9. The summed E-state index contributed by atoms with van der Waals surface area (Å²) in [7, 11) is 2.05. The van der Waals surface area contributed by atoms with E-state index in [2.05, 4.69) is 11.9 Å². The highest BCUT2D eigenvalue weighted by Gasteiger charge is 2.18. The number of anilines is 1. The van der Waals surface area contributed by atoms with Gasteiger partial charge in [-0.1, -0.05) is 12.1 Å². The Labute approximate surface area is 107 Å². The van der Waals surface area contributed by atoms with Crippen molar-refractivity contribution in [3.63, 3.8) is 0 Å². The molecule has 1 aromatic carbocycles. The third-order valence-corrected chi connectivity index (χ3v) is 3.05. The molecule has 0 fully saturated rings. The first-order valence-corrected chi connectivity index (χ1v) is 6.34. The Kier molecular flexibility index (Phi) is 4.07. The molecule has 0 amide bonds. The lowest BCUT2D eigenvalue weighted by atomic mass is 10.1. The minimum Gasteiger partial charge on any atom is -0.490 e. The number of hydrogen-bond acceptors (Lipinski definition) is 4. The van der Waals surface area contributed by atoms with Gasteiger partial charge < -0.3 is 14.4 Å². The first kappa shape index (κ1) is 12.7. The normalized spacial score (nSPS) is 13.8. The lowest BCUT2D eigenvalue weighted by Gasteiger charge is -2.29. The van der Waals surface area contributed by atoms with Crippen molar-refractivity contribution in [3.8, 4) is 5.75 Å². The highest BCUT2D eigenvalue weighted by Crippen LogP contribution is 2.34. The zero-order chi connectivity index (χ0) is 13.0. The number of hydrogen-bond donors (Lipinski definition) is 0.